The smallest absolute Gasteiger partial charge is 0.000451 e. The van der Waals surface area contributed by atoms with E-state index in [0.717, 1.165) is 11.7 Å². The summed E-state index contributed by atoms with van der Waals surface area (Å²) >= 11 is 4.25. The second-order valence-corrected chi connectivity index (χ2v) is 5.78. The molecule has 1 aliphatic heterocycles. The van der Waals surface area contributed by atoms with Crippen LogP contribution in [-0.2, 0) is 0 Å². The summed E-state index contributed by atoms with van der Waals surface area (Å²) in [4.78, 5) is 4.97. The van der Waals surface area contributed by atoms with E-state index in [4.69, 9.17) is 0 Å². The van der Waals surface area contributed by atoms with Gasteiger partial charge in [-0.25, -0.2) is 0 Å². The van der Waals surface area contributed by atoms with Crippen molar-refractivity contribution in [1.82, 2.24) is 9.80 Å². The van der Waals surface area contributed by atoms with Crippen LogP contribution in [0.3, 0.4) is 0 Å². The maximum absolute atomic E-state index is 4.25. The summed E-state index contributed by atoms with van der Waals surface area (Å²) in [6.07, 6.45) is 6.77. The Hall–Kier alpha value is 0.270. The van der Waals surface area contributed by atoms with E-state index in [2.05, 4.69) is 36.5 Å². The number of hydrogen-bond acceptors (Lipinski definition) is 3. The van der Waals surface area contributed by atoms with Crippen molar-refractivity contribution in [3.05, 3.63) is 0 Å². The van der Waals surface area contributed by atoms with Crippen LogP contribution in [0.2, 0.25) is 0 Å². The largest absolute Gasteiger partial charge is 0.309 e. The highest BCUT2D eigenvalue weighted by molar-refractivity contribution is 7.80. The Balaban J connectivity index is 2.03. The molecule has 0 saturated carbocycles. The number of rotatable bonds is 7. The maximum Gasteiger partial charge on any atom is 0.000451 e. The van der Waals surface area contributed by atoms with Gasteiger partial charge in [-0.1, -0.05) is 6.42 Å². The minimum Gasteiger partial charge on any atom is -0.309 e. The summed E-state index contributed by atoms with van der Waals surface area (Å²) in [5, 5.41) is 0. The molecule has 0 N–H and O–H groups in total. The standard InChI is InChI=1S/C13H28N2S/c1-14(2)12-13-6-9-15(10-7-13)8-4-3-5-11-16/h13,16H,3-12H2,1-2H3. The zero-order chi connectivity index (χ0) is 11.8. The minimum atomic E-state index is 0.934. The predicted octanol–water partition coefficient (Wildman–Crippen LogP) is 2.36. The molecule has 0 unspecified atom stereocenters. The summed E-state index contributed by atoms with van der Waals surface area (Å²) in [6.45, 7) is 5.22. The van der Waals surface area contributed by atoms with Crippen molar-refractivity contribution in [2.45, 2.75) is 32.1 Å². The molecule has 0 radical (unpaired) electrons. The number of likely N-dealkylation sites (tertiary alicyclic amines) is 1. The van der Waals surface area contributed by atoms with E-state index in [9.17, 15) is 0 Å². The van der Waals surface area contributed by atoms with Crippen LogP contribution in [0.15, 0.2) is 0 Å². The molecule has 1 saturated heterocycles. The van der Waals surface area contributed by atoms with E-state index in [0.29, 0.717) is 0 Å². The van der Waals surface area contributed by atoms with Gasteiger partial charge < -0.3 is 9.80 Å². The summed E-state index contributed by atoms with van der Waals surface area (Å²) in [7, 11) is 4.37. The van der Waals surface area contributed by atoms with E-state index in [1.165, 1.54) is 58.3 Å². The molecule has 96 valence electrons. The van der Waals surface area contributed by atoms with Crippen molar-refractivity contribution < 1.29 is 0 Å². The van der Waals surface area contributed by atoms with E-state index >= 15 is 0 Å². The van der Waals surface area contributed by atoms with Gasteiger partial charge in [0.2, 0.25) is 0 Å². The summed E-state index contributed by atoms with van der Waals surface area (Å²) in [6, 6.07) is 0. The summed E-state index contributed by atoms with van der Waals surface area (Å²) in [5.41, 5.74) is 0. The SMILES string of the molecule is CN(C)CC1CCN(CCCCCS)CC1. The lowest BCUT2D eigenvalue weighted by Gasteiger charge is -2.33. The first-order chi connectivity index (χ1) is 7.72. The van der Waals surface area contributed by atoms with Gasteiger partial charge in [0.15, 0.2) is 0 Å². The Morgan fingerprint density at radius 3 is 2.38 bits per heavy atom. The van der Waals surface area contributed by atoms with Gasteiger partial charge in [0.05, 0.1) is 0 Å². The quantitative estimate of drug-likeness (QED) is 0.542. The van der Waals surface area contributed by atoms with Crippen molar-refractivity contribution >= 4 is 12.6 Å². The Morgan fingerprint density at radius 1 is 1.12 bits per heavy atom. The molecule has 1 aliphatic rings. The Labute approximate surface area is 107 Å². The van der Waals surface area contributed by atoms with E-state index in [1.807, 2.05) is 0 Å². The van der Waals surface area contributed by atoms with Gasteiger partial charge in [0.1, 0.15) is 0 Å². The van der Waals surface area contributed by atoms with Crippen LogP contribution < -0.4 is 0 Å². The summed E-state index contributed by atoms with van der Waals surface area (Å²) < 4.78 is 0. The summed E-state index contributed by atoms with van der Waals surface area (Å²) in [5.74, 6) is 1.98. The van der Waals surface area contributed by atoms with E-state index in [-0.39, 0.29) is 0 Å². The number of unbranched alkanes of at least 4 members (excludes halogenated alkanes) is 2. The van der Waals surface area contributed by atoms with Gasteiger partial charge in [0, 0.05) is 6.54 Å². The molecule has 0 bridgehead atoms. The highest BCUT2D eigenvalue weighted by atomic mass is 32.1. The fourth-order valence-electron chi connectivity index (χ4n) is 2.53. The molecule has 1 fully saturated rings. The fraction of sp³-hybridized carbons (Fsp3) is 1.00. The van der Waals surface area contributed by atoms with Crippen molar-refractivity contribution in [3.8, 4) is 0 Å². The molecule has 0 atom stereocenters. The van der Waals surface area contributed by atoms with Gasteiger partial charge in [-0.2, -0.15) is 12.6 Å². The first kappa shape index (κ1) is 14.3. The highest BCUT2D eigenvalue weighted by Crippen LogP contribution is 2.18. The minimum absolute atomic E-state index is 0.934. The fourth-order valence-corrected chi connectivity index (χ4v) is 2.76. The molecule has 1 heterocycles. The van der Waals surface area contributed by atoms with Gasteiger partial charge >= 0.3 is 0 Å². The first-order valence-electron chi connectivity index (χ1n) is 6.70. The number of thiol groups is 1. The topological polar surface area (TPSA) is 6.48 Å². The zero-order valence-electron chi connectivity index (χ0n) is 11.0. The zero-order valence-corrected chi connectivity index (χ0v) is 11.9. The molecule has 0 aliphatic carbocycles. The number of hydrogen-bond donors (Lipinski definition) is 1. The van der Waals surface area contributed by atoms with Gasteiger partial charge in [-0.3, -0.25) is 0 Å². The monoisotopic (exact) mass is 244 g/mol. The van der Waals surface area contributed by atoms with Crippen LogP contribution >= 0.6 is 12.6 Å². The lowest BCUT2D eigenvalue weighted by Crippen LogP contribution is -2.37. The van der Waals surface area contributed by atoms with Crippen LogP contribution in [0.4, 0.5) is 0 Å². The Kier molecular flexibility index (Phi) is 7.50. The Morgan fingerprint density at radius 2 is 1.81 bits per heavy atom. The molecule has 0 amide bonds. The molecule has 16 heavy (non-hydrogen) atoms. The molecule has 0 aromatic heterocycles. The van der Waals surface area contributed by atoms with Crippen LogP contribution in [0, 0.1) is 5.92 Å². The molecule has 3 heteroatoms. The lowest BCUT2D eigenvalue weighted by atomic mass is 9.96. The van der Waals surface area contributed by atoms with E-state index < -0.39 is 0 Å². The molecule has 0 aromatic carbocycles. The molecule has 1 rings (SSSR count). The molecule has 2 nitrogen and oxygen atoms in total. The number of nitrogens with zero attached hydrogens (tertiary/aromatic N) is 2. The molecule has 0 spiro atoms. The van der Waals surface area contributed by atoms with Crippen molar-refractivity contribution in [2.24, 2.45) is 5.92 Å². The predicted molar refractivity (Wildman–Crippen MR) is 75.4 cm³/mol. The van der Waals surface area contributed by atoms with Gasteiger partial charge in [-0.15, -0.1) is 0 Å². The molecular formula is C13H28N2S. The van der Waals surface area contributed by atoms with Gasteiger partial charge in [0.25, 0.3) is 0 Å². The van der Waals surface area contributed by atoms with Crippen molar-refractivity contribution in [3.63, 3.8) is 0 Å². The average Bonchev–Trinajstić information content (AvgIpc) is 2.26. The highest BCUT2D eigenvalue weighted by Gasteiger charge is 2.18. The van der Waals surface area contributed by atoms with Crippen LogP contribution in [-0.4, -0.2) is 55.8 Å². The lowest BCUT2D eigenvalue weighted by molar-refractivity contribution is 0.160. The molecule has 0 aromatic rings. The third kappa shape index (κ3) is 6.12. The number of piperidine rings is 1. The normalized spacial score (nSPS) is 19.5. The van der Waals surface area contributed by atoms with Crippen LogP contribution in [0.25, 0.3) is 0 Å². The first-order valence-corrected chi connectivity index (χ1v) is 7.33. The second kappa shape index (κ2) is 8.37. The van der Waals surface area contributed by atoms with Crippen LogP contribution in [0.5, 0.6) is 0 Å². The van der Waals surface area contributed by atoms with Gasteiger partial charge in [-0.05, 0) is 71.1 Å². The molecular weight excluding hydrogens is 216 g/mol. The van der Waals surface area contributed by atoms with Crippen molar-refractivity contribution in [2.75, 3.05) is 46.0 Å². The van der Waals surface area contributed by atoms with Crippen molar-refractivity contribution in [1.29, 1.82) is 0 Å². The average molecular weight is 244 g/mol. The third-order valence-corrected chi connectivity index (χ3v) is 3.78. The second-order valence-electron chi connectivity index (χ2n) is 5.33. The van der Waals surface area contributed by atoms with Crippen LogP contribution in [0.1, 0.15) is 32.1 Å². The maximum atomic E-state index is 4.25. The van der Waals surface area contributed by atoms with E-state index in [1.54, 1.807) is 0 Å². The Bertz CT molecular complexity index is 165. The third-order valence-electron chi connectivity index (χ3n) is 3.46.